The second kappa shape index (κ2) is 7.97. The fourth-order valence-corrected chi connectivity index (χ4v) is 2.25. The number of halogens is 2. The van der Waals surface area contributed by atoms with Gasteiger partial charge in [0, 0.05) is 11.7 Å². The molecule has 21 heavy (non-hydrogen) atoms. The minimum atomic E-state index is -0.963. The maximum Gasteiger partial charge on any atom is 0.319 e. The minimum absolute atomic E-state index is 0.132. The van der Waals surface area contributed by atoms with Crippen LogP contribution in [0.4, 0.5) is 14.9 Å². The maximum atomic E-state index is 13.3. The zero-order chi connectivity index (χ0) is 16.0. The Hall–Kier alpha value is -1.63. The SMILES string of the molecule is CCCC(CC(=O)O)NC(=O)Nc1cc(Br)c(F)cc1C. The quantitative estimate of drug-likeness (QED) is 0.724. The Morgan fingerprint density at radius 1 is 1.43 bits per heavy atom. The molecule has 116 valence electrons. The smallest absolute Gasteiger partial charge is 0.319 e. The zero-order valence-electron chi connectivity index (χ0n) is 11.9. The van der Waals surface area contributed by atoms with Crippen LogP contribution in [0, 0.1) is 12.7 Å². The van der Waals surface area contributed by atoms with Crippen molar-refractivity contribution >= 4 is 33.6 Å². The largest absolute Gasteiger partial charge is 0.481 e. The van der Waals surface area contributed by atoms with Crippen molar-refractivity contribution in [3.63, 3.8) is 0 Å². The number of hydrogen-bond acceptors (Lipinski definition) is 2. The highest BCUT2D eigenvalue weighted by Crippen LogP contribution is 2.24. The van der Waals surface area contributed by atoms with E-state index in [1.807, 2.05) is 6.92 Å². The molecule has 7 heteroatoms. The summed E-state index contributed by atoms with van der Waals surface area (Å²) in [7, 11) is 0. The number of amides is 2. The summed E-state index contributed by atoms with van der Waals surface area (Å²) in [4.78, 5) is 22.6. The number of hydrogen-bond donors (Lipinski definition) is 3. The molecule has 0 radical (unpaired) electrons. The van der Waals surface area contributed by atoms with Gasteiger partial charge in [-0.25, -0.2) is 9.18 Å². The summed E-state index contributed by atoms with van der Waals surface area (Å²) in [6.07, 6.45) is 1.21. The van der Waals surface area contributed by atoms with Crippen LogP contribution in [0.5, 0.6) is 0 Å². The number of benzene rings is 1. The zero-order valence-corrected chi connectivity index (χ0v) is 13.5. The number of nitrogens with one attached hydrogen (secondary N) is 2. The van der Waals surface area contributed by atoms with Gasteiger partial charge in [-0.3, -0.25) is 4.79 Å². The Labute approximate surface area is 131 Å². The third kappa shape index (κ3) is 5.71. The fraction of sp³-hybridized carbons (Fsp3) is 0.429. The van der Waals surface area contributed by atoms with Gasteiger partial charge in [-0.1, -0.05) is 13.3 Å². The predicted molar refractivity (Wildman–Crippen MR) is 81.9 cm³/mol. The van der Waals surface area contributed by atoms with Gasteiger partial charge < -0.3 is 15.7 Å². The van der Waals surface area contributed by atoms with Crippen LogP contribution in [0.25, 0.3) is 0 Å². The van der Waals surface area contributed by atoms with Crippen LogP contribution in [-0.2, 0) is 4.79 Å². The first-order chi connectivity index (χ1) is 9.83. The summed E-state index contributed by atoms with van der Waals surface area (Å²) in [5.41, 5.74) is 1.04. The van der Waals surface area contributed by atoms with Crippen molar-refractivity contribution in [3.05, 3.63) is 28.0 Å². The number of urea groups is 1. The third-order valence-corrected chi connectivity index (χ3v) is 3.52. The van der Waals surface area contributed by atoms with Crippen LogP contribution in [-0.4, -0.2) is 23.1 Å². The van der Waals surface area contributed by atoms with Crippen LogP contribution in [0.3, 0.4) is 0 Å². The standard InChI is InChI=1S/C14H18BrFN2O3/c1-3-4-9(6-13(19)20)17-14(21)18-12-7-10(15)11(16)5-8(12)2/h5,7,9H,3-4,6H2,1-2H3,(H,19,20)(H2,17,18,21). The Bertz CT molecular complexity index is 537. The fourth-order valence-electron chi connectivity index (χ4n) is 1.91. The molecule has 2 amide bonds. The summed E-state index contributed by atoms with van der Waals surface area (Å²) in [6.45, 7) is 3.58. The molecule has 1 unspecified atom stereocenters. The molecule has 0 saturated heterocycles. The summed E-state index contributed by atoms with van der Waals surface area (Å²) in [5, 5.41) is 14.0. The molecule has 0 saturated carbocycles. The van der Waals surface area contributed by atoms with Gasteiger partial charge in [0.15, 0.2) is 0 Å². The summed E-state index contributed by atoms with van der Waals surface area (Å²) in [5.74, 6) is -1.37. The Kier molecular flexibility index (Phi) is 6.61. The molecule has 1 rings (SSSR count). The molecule has 0 spiro atoms. The van der Waals surface area contributed by atoms with Gasteiger partial charge in [0.2, 0.25) is 0 Å². The van der Waals surface area contributed by atoms with Crippen LogP contribution in [0.15, 0.2) is 16.6 Å². The highest BCUT2D eigenvalue weighted by atomic mass is 79.9. The maximum absolute atomic E-state index is 13.3. The van der Waals surface area contributed by atoms with Crippen molar-refractivity contribution in [2.45, 2.75) is 39.2 Å². The lowest BCUT2D eigenvalue weighted by Gasteiger charge is -2.17. The lowest BCUT2D eigenvalue weighted by atomic mass is 10.1. The minimum Gasteiger partial charge on any atom is -0.481 e. The normalized spacial score (nSPS) is 11.8. The topological polar surface area (TPSA) is 78.4 Å². The Morgan fingerprint density at radius 3 is 2.67 bits per heavy atom. The monoisotopic (exact) mass is 360 g/mol. The lowest BCUT2D eigenvalue weighted by Crippen LogP contribution is -2.39. The van der Waals surface area contributed by atoms with E-state index in [-0.39, 0.29) is 10.9 Å². The molecule has 0 heterocycles. The van der Waals surface area contributed by atoms with E-state index in [4.69, 9.17) is 5.11 Å². The molecule has 0 bridgehead atoms. The number of rotatable bonds is 6. The van der Waals surface area contributed by atoms with Gasteiger partial charge >= 0.3 is 12.0 Å². The number of aryl methyl sites for hydroxylation is 1. The lowest BCUT2D eigenvalue weighted by molar-refractivity contribution is -0.137. The molecule has 1 aromatic carbocycles. The van der Waals surface area contributed by atoms with Crippen molar-refractivity contribution in [1.82, 2.24) is 5.32 Å². The third-order valence-electron chi connectivity index (χ3n) is 2.91. The van der Waals surface area contributed by atoms with E-state index in [2.05, 4.69) is 26.6 Å². The Morgan fingerprint density at radius 2 is 2.10 bits per heavy atom. The predicted octanol–water partition coefficient (Wildman–Crippen LogP) is 3.66. The number of carbonyl (C=O) groups excluding carboxylic acids is 1. The highest BCUT2D eigenvalue weighted by Gasteiger charge is 2.16. The van der Waals surface area contributed by atoms with Gasteiger partial charge in [-0.2, -0.15) is 0 Å². The number of anilines is 1. The molecule has 0 aliphatic carbocycles. The second-order valence-electron chi connectivity index (χ2n) is 4.76. The van der Waals surface area contributed by atoms with E-state index in [0.717, 1.165) is 6.42 Å². The van der Waals surface area contributed by atoms with Crippen LogP contribution in [0.1, 0.15) is 31.7 Å². The van der Waals surface area contributed by atoms with Gasteiger partial charge in [-0.15, -0.1) is 0 Å². The van der Waals surface area contributed by atoms with Crippen LogP contribution < -0.4 is 10.6 Å². The molecule has 0 aliphatic heterocycles. The Balaban J connectivity index is 2.71. The molecule has 0 aromatic heterocycles. The average molecular weight is 361 g/mol. The summed E-state index contributed by atoms with van der Waals surface area (Å²) in [6, 6.07) is 1.84. The van der Waals surface area contributed by atoms with Crippen molar-refractivity contribution in [3.8, 4) is 0 Å². The summed E-state index contributed by atoms with van der Waals surface area (Å²) >= 11 is 3.05. The molecule has 1 aromatic rings. The van der Waals surface area contributed by atoms with E-state index >= 15 is 0 Å². The van der Waals surface area contributed by atoms with Gasteiger partial charge in [0.05, 0.1) is 10.9 Å². The average Bonchev–Trinajstić information content (AvgIpc) is 2.35. The number of aliphatic carboxylic acids is 1. The van der Waals surface area contributed by atoms with Crippen molar-refractivity contribution in [2.24, 2.45) is 0 Å². The molecule has 3 N–H and O–H groups in total. The number of carbonyl (C=O) groups is 2. The number of carboxylic acid groups (broad SMARTS) is 1. The second-order valence-corrected chi connectivity index (χ2v) is 5.62. The molecule has 5 nitrogen and oxygen atoms in total. The first-order valence-electron chi connectivity index (χ1n) is 6.58. The van der Waals surface area contributed by atoms with Gasteiger partial charge in [0.25, 0.3) is 0 Å². The van der Waals surface area contributed by atoms with Crippen LogP contribution in [0.2, 0.25) is 0 Å². The molecule has 0 fully saturated rings. The van der Waals surface area contributed by atoms with E-state index in [1.165, 1.54) is 12.1 Å². The number of carboxylic acids is 1. The van der Waals surface area contributed by atoms with E-state index < -0.39 is 23.9 Å². The summed E-state index contributed by atoms with van der Waals surface area (Å²) < 4.78 is 13.6. The van der Waals surface area contributed by atoms with E-state index in [0.29, 0.717) is 17.7 Å². The van der Waals surface area contributed by atoms with Crippen molar-refractivity contribution in [1.29, 1.82) is 0 Å². The van der Waals surface area contributed by atoms with E-state index in [1.54, 1.807) is 6.92 Å². The van der Waals surface area contributed by atoms with Crippen molar-refractivity contribution < 1.29 is 19.1 Å². The van der Waals surface area contributed by atoms with Crippen molar-refractivity contribution in [2.75, 3.05) is 5.32 Å². The van der Waals surface area contributed by atoms with Crippen LogP contribution >= 0.6 is 15.9 Å². The first-order valence-corrected chi connectivity index (χ1v) is 7.37. The highest BCUT2D eigenvalue weighted by molar-refractivity contribution is 9.10. The molecule has 0 aliphatic rings. The molecular weight excluding hydrogens is 343 g/mol. The van der Waals surface area contributed by atoms with E-state index in [9.17, 15) is 14.0 Å². The molecule has 1 atom stereocenters. The van der Waals surface area contributed by atoms with Gasteiger partial charge in [-0.05, 0) is 47.0 Å². The molecular formula is C14H18BrFN2O3. The van der Waals surface area contributed by atoms with Gasteiger partial charge in [0.1, 0.15) is 5.82 Å². The first kappa shape index (κ1) is 17.4.